The highest BCUT2D eigenvalue weighted by molar-refractivity contribution is 5.20. The SMILES string of the molecule is Cc1ccc(CN2CCC([C@H](Cc3ccccc3F)N(C)Cc3cn(C)nc3C)CC2)o1. The zero-order valence-electron chi connectivity index (χ0n) is 19.7. The Morgan fingerprint density at radius 1 is 1.12 bits per heavy atom. The van der Waals surface area contributed by atoms with E-state index in [1.54, 1.807) is 12.1 Å². The maximum atomic E-state index is 14.5. The first-order chi connectivity index (χ1) is 15.4. The van der Waals surface area contributed by atoms with Gasteiger partial charge in [0.15, 0.2) is 0 Å². The van der Waals surface area contributed by atoms with Gasteiger partial charge < -0.3 is 4.42 Å². The molecule has 6 heteroatoms. The van der Waals surface area contributed by atoms with Crippen molar-refractivity contribution in [1.82, 2.24) is 19.6 Å². The summed E-state index contributed by atoms with van der Waals surface area (Å²) in [6.07, 6.45) is 5.04. The molecule has 0 spiro atoms. The molecule has 0 bridgehead atoms. The first-order valence-corrected chi connectivity index (χ1v) is 11.6. The first kappa shape index (κ1) is 22.7. The van der Waals surface area contributed by atoms with Gasteiger partial charge in [-0.1, -0.05) is 18.2 Å². The summed E-state index contributed by atoms with van der Waals surface area (Å²) in [6, 6.07) is 11.6. The maximum absolute atomic E-state index is 14.5. The topological polar surface area (TPSA) is 37.4 Å². The Hall–Kier alpha value is -2.44. The smallest absolute Gasteiger partial charge is 0.126 e. The lowest BCUT2D eigenvalue weighted by atomic mass is 9.84. The lowest BCUT2D eigenvalue weighted by Crippen LogP contribution is -2.45. The molecule has 172 valence electrons. The zero-order chi connectivity index (χ0) is 22.7. The second-order valence-corrected chi connectivity index (χ2v) is 9.32. The summed E-state index contributed by atoms with van der Waals surface area (Å²) in [7, 11) is 4.14. The van der Waals surface area contributed by atoms with Crippen molar-refractivity contribution in [3.63, 3.8) is 0 Å². The van der Waals surface area contributed by atoms with Gasteiger partial charge in [-0.3, -0.25) is 14.5 Å². The standard InChI is InChI=1S/C26H35FN4O/c1-19-9-10-24(32-19)18-31-13-11-21(12-14-31)26(15-22-7-5-6-8-25(22)27)29(3)16-23-17-30(4)28-20(23)2/h5-10,17,21,26H,11-16,18H2,1-4H3/t26-/m0/s1. The van der Waals surface area contributed by atoms with E-state index in [4.69, 9.17) is 4.42 Å². The molecule has 0 saturated carbocycles. The Morgan fingerprint density at radius 3 is 2.50 bits per heavy atom. The number of aryl methyl sites for hydroxylation is 3. The average molecular weight is 439 g/mol. The molecule has 3 heterocycles. The molecule has 4 rings (SSSR count). The monoisotopic (exact) mass is 438 g/mol. The number of rotatable bonds is 8. The Bertz CT molecular complexity index is 1020. The maximum Gasteiger partial charge on any atom is 0.126 e. The molecule has 2 aromatic heterocycles. The molecule has 1 aromatic carbocycles. The van der Waals surface area contributed by atoms with Gasteiger partial charge in [0.1, 0.15) is 17.3 Å². The average Bonchev–Trinajstić information content (AvgIpc) is 3.31. The highest BCUT2D eigenvalue weighted by atomic mass is 19.1. The molecule has 1 aliphatic heterocycles. The van der Waals surface area contributed by atoms with Gasteiger partial charge in [0.25, 0.3) is 0 Å². The lowest BCUT2D eigenvalue weighted by molar-refractivity contribution is 0.0915. The number of hydrogen-bond acceptors (Lipinski definition) is 4. The van der Waals surface area contributed by atoms with Crippen LogP contribution in [-0.2, 0) is 26.6 Å². The van der Waals surface area contributed by atoms with E-state index in [9.17, 15) is 4.39 Å². The van der Waals surface area contributed by atoms with Crippen LogP contribution in [0.2, 0.25) is 0 Å². The molecule has 0 unspecified atom stereocenters. The quantitative estimate of drug-likeness (QED) is 0.510. The molecule has 0 amide bonds. The van der Waals surface area contributed by atoms with E-state index < -0.39 is 0 Å². The van der Waals surface area contributed by atoms with Crippen LogP contribution in [0, 0.1) is 25.6 Å². The van der Waals surface area contributed by atoms with Crippen LogP contribution >= 0.6 is 0 Å². The van der Waals surface area contributed by atoms with Crippen molar-refractivity contribution in [2.75, 3.05) is 20.1 Å². The summed E-state index contributed by atoms with van der Waals surface area (Å²) >= 11 is 0. The van der Waals surface area contributed by atoms with Crippen LogP contribution in [0.4, 0.5) is 4.39 Å². The van der Waals surface area contributed by atoms with E-state index in [-0.39, 0.29) is 11.9 Å². The molecule has 32 heavy (non-hydrogen) atoms. The summed E-state index contributed by atoms with van der Waals surface area (Å²) in [5, 5.41) is 4.50. The van der Waals surface area contributed by atoms with Crippen LogP contribution in [0.25, 0.3) is 0 Å². The third-order valence-electron chi connectivity index (χ3n) is 6.84. The minimum Gasteiger partial charge on any atom is -0.465 e. The van der Waals surface area contributed by atoms with Gasteiger partial charge in [-0.05, 0) is 82.9 Å². The van der Waals surface area contributed by atoms with E-state index in [1.165, 1.54) is 5.56 Å². The molecule has 0 N–H and O–H groups in total. The predicted molar refractivity (Wildman–Crippen MR) is 125 cm³/mol. The zero-order valence-corrected chi connectivity index (χ0v) is 19.7. The summed E-state index contributed by atoms with van der Waals surface area (Å²) < 4.78 is 22.2. The number of aromatic nitrogens is 2. The molecule has 1 saturated heterocycles. The predicted octanol–water partition coefficient (Wildman–Crippen LogP) is 4.72. The lowest BCUT2D eigenvalue weighted by Gasteiger charge is -2.40. The number of nitrogens with zero attached hydrogens (tertiary/aromatic N) is 4. The molecule has 1 atom stereocenters. The van der Waals surface area contributed by atoms with Crippen LogP contribution in [0.5, 0.6) is 0 Å². The minimum atomic E-state index is -0.103. The Balaban J connectivity index is 1.46. The van der Waals surface area contributed by atoms with Crippen molar-refractivity contribution in [2.45, 2.75) is 52.2 Å². The third kappa shape index (κ3) is 5.48. The second kappa shape index (κ2) is 10.0. The normalized spacial score (nSPS) is 16.7. The van der Waals surface area contributed by atoms with Crippen molar-refractivity contribution >= 4 is 0 Å². The van der Waals surface area contributed by atoms with Gasteiger partial charge in [0.2, 0.25) is 0 Å². The van der Waals surface area contributed by atoms with Crippen LogP contribution < -0.4 is 0 Å². The number of halogens is 1. The van der Waals surface area contributed by atoms with Gasteiger partial charge in [-0.15, -0.1) is 0 Å². The van der Waals surface area contributed by atoms with E-state index in [1.807, 2.05) is 36.9 Å². The van der Waals surface area contributed by atoms with Gasteiger partial charge in [0.05, 0.1) is 12.2 Å². The highest BCUT2D eigenvalue weighted by Crippen LogP contribution is 2.29. The van der Waals surface area contributed by atoms with Crippen LogP contribution in [0.1, 0.15) is 41.2 Å². The van der Waals surface area contributed by atoms with E-state index in [2.05, 4.69) is 41.1 Å². The van der Waals surface area contributed by atoms with Crippen molar-refractivity contribution in [1.29, 1.82) is 0 Å². The molecule has 1 fully saturated rings. The molecular weight excluding hydrogens is 403 g/mol. The molecule has 0 aliphatic carbocycles. The van der Waals surface area contributed by atoms with Crippen molar-refractivity contribution in [3.05, 3.63) is 76.8 Å². The number of likely N-dealkylation sites (tertiary alicyclic amines) is 1. The summed E-state index contributed by atoms with van der Waals surface area (Å²) in [5.41, 5.74) is 3.10. The van der Waals surface area contributed by atoms with E-state index in [0.29, 0.717) is 5.92 Å². The molecule has 0 radical (unpaired) electrons. The number of piperidine rings is 1. The molecule has 5 nitrogen and oxygen atoms in total. The second-order valence-electron chi connectivity index (χ2n) is 9.32. The van der Waals surface area contributed by atoms with Crippen molar-refractivity contribution < 1.29 is 8.81 Å². The summed E-state index contributed by atoms with van der Waals surface area (Å²) in [6.45, 7) is 7.82. The fraction of sp³-hybridized carbons (Fsp3) is 0.500. The highest BCUT2D eigenvalue weighted by Gasteiger charge is 2.30. The third-order valence-corrected chi connectivity index (χ3v) is 6.84. The van der Waals surface area contributed by atoms with Crippen LogP contribution in [-0.4, -0.2) is 45.8 Å². The Labute approximate surface area is 190 Å². The van der Waals surface area contributed by atoms with Gasteiger partial charge >= 0.3 is 0 Å². The Kier molecular flexibility index (Phi) is 7.11. The fourth-order valence-electron chi connectivity index (χ4n) is 5.05. The van der Waals surface area contributed by atoms with Gasteiger partial charge in [-0.25, -0.2) is 4.39 Å². The van der Waals surface area contributed by atoms with Crippen LogP contribution in [0.3, 0.4) is 0 Å². The van der Waals surface area contributed by atoms with E-state index in [0.717, 1.165) is 68.2 Å². The van der Waals surface area contributed by atoms with Gasteiger partial charge in [0, 0.05) is 31.4 Å². The number of hydrogen-bond donors (Lipinski definition) is 0. The van der Waals surface area contributed by atoms with Crippen molar-refractivity contribution in [3.8, 4) is 0 Å². The van der Waals surface area contributed by atoms with Crippen molar-refractivity contribution in [2.24, 2.45) is 13.0 Å². The largest absolute Gasteiger partial charge is 0.465 e. The molecule has 1 aliphatic rings. The summed E-state index contributed by atoms with van der Waals surface area (Å²) in [4.78, 5) is 4.88. The first-order valence-electron chi connectivity index (χ1n) is 11.6. The summed E-state index contributed by atoms with van der Waals surface area (Å²) in [5.74, 6) is 2.42. The number of likely N-dealkylation sites (N-methyl/N-ethyl adjacent to an activating group) is 1. The minimum absolute atomic E-state index is 0.103. The molecule has 3 aromatic rings. The molecular formula is C26H35FN4O. The van der Waals surface area contributed by atoms with Gasteiger partial charge in [-0.2, -0.15) is 5.10 Å². The fourth-order valence-corrected chi connectivity index (χ4v) is 5.05. The van der Waals surface area contributed by atoms with E-state index >= 15 is 0 Å². The Morgan fingerprint density at radius 2 is 1.88 bits per heavy atom. The van der Waals surface area contributed by atoms with Crippen LogP contribution in [0.15, 0.2) is 47.0 Å². The number of furan rings is 1. The number of benzene rings is 1.